The Labute approximate surface area is 241 Å². The van der Waals surface area contributed by atoms with Gasteiger partial charge in [-0.3, -0.25) is 9.59 Å². The molecule has 12 nitrogen and oxygen atoms in total. The van der Waals surface area contributed by atoms with E-state index in [4.69, 9.17) is 0 Å². The lowest BCUT2D eigenvalue weighted by Crippen LogP contribution is -2.62. The van der Waals surface area contributed by atoms with E-state index in [0.717, 1.165) is 9.13 Å². The number of hydrogen-bond donors (Lipinski definition) is 2. The molecule has 0 aliphatic heterocycles. The molecule has 0 bridgehead atoms. The Morgan fingerprint density at radius 1 is 0.465 bits per heavy atom. The zero-order valence-electron chi connectivity index (χ0n) is 22.3. The Kier molecular flexibility index (Phi) is 6.63. The normalized spacial score (nSPS) is 11.3. The van der Waals surface area contributed by atoms with Gasteiger partial charge in [-0.15, -0.1) is 0 Å². The second kappa shape index (κ2) is 10.6. The van der Waals surface area contributed by atoms with Crippen LogP contribution in [0.4, 0.5) is 0 Å². The molecule has 0 aliphatic carbocycles. The first kappa shape index (κ1) is 26.9. The lowest BCUT2D eigenvalue weighted by Gasteiger charge is -2.30. The minimum absolute atomic E-state index is 0.0767. The maximum Gasteiger partial charge on any atom is 0.354 e. The van der Waals surface area contributed by atoms with Gasteiger partial charge in [0.2, 0.25) is 11.6 Å². The molecular weight excluding hydrogens is 552 g/mol. The number of carbonyl (C=O) groups is 2. The fourth-order valence-electron chi connectivity index (χ4n) is 5.00. The number of nitrogens with zero attached hydrogens (tertiary/aromatic N) is 4. The molecular formula is C31H22N6O6. The lowest BCUT2D eigenvalue weighted by atomic mass is 9.89. The highest BCUT2D eigenvalue weighted by atomic mass is 16.2. The van der Waals surface area contributed by atoms with E-state index in [1.165, 1.54) is 72.8 Å². The average molecular weight is 575 g/mol. The van der Waals surface area contributed by atoms with Gasteiger partial charge in [-0.05, 0) is 24.3 Å². The predicted octanol–water partition coefficient (Wildman–Crippen LogP) is 1.93. The largest absolute Gasteiger partial charge is 0.354 e. The summed E-state index contributed by atoms with van der Waals surface area (Å²) in [5, 5.41) is 4.65. The van der Waals surface area contributed by atoms with Gasteiger partial charge in [0.15, 0.2) is 0 Å². The molecule has 2 aromatic heterocycles. The van der Waals surface area contributed by atoms with E-state index in [9.17, 15) is 28.8 Å². The van der Waals surface area contributed by atoms with Gasteiger partial charge < -0.3 is 0 Å². The summed E-state index contributed by atoms with van der Waals surface area (Å²) in [6.45, 7) is 0. The van der Waals surface area contributed by atoms with Gasteiger partial charge in [-0.2, -0.15) is 9.36 Å². The van der Waals surface area contributed by atoms with Crippen molar-refractivity contribution in [2.45, 2.75) is 5.66 Å². The summed E-state index contributed by atoms with van der Waals surface area (Å²) in [5.74, 6) is -2.12. The van der Waals surface area contributed by atoms with E-state index >= 15 is 0 Å². The molecule has 2 N–H and O–H groups in total. The average Bonchev–Trinajstić information content (AvgIpc) is 3.52. The van der Waals surface area contributed by atoms with E-state index in [1.54, 1.807) is 48.5 Å². The van der Waals surface area contributed by atoms with Gasteiger partial charge in [0.05, 0.1) is 11.4 Å². The number of aromatic nitrogens is 6. The SMILES string of the molecule is O=C(c1ccccc1)C(C(=O)c1ccccc1)(n1[nH]c(=O)n(-c2ccccc2)c1=O)n1[nH]c(=O)n(-c2ccccc2)c1=O. The Morgan fingerprint density at radius 2 is 0.767 bits per heavy atom. The number of carbonyl (C=O) groups excluding carboxylic acids is 2. The quantitative estimate of drug-likeness (QED) is 0.209. The van der Waals surface area contributed by atoms with Crippen LogP contribution in [0.1, 0.15) is 20.7 Å². The number of H-pyrrole nitrogens is 2. The van der Waals surface area contributed by atoms with Crippen molar-refractivity contribution >= 4 is 11.6 Å². The third kappa shape index (κ3) is 4.25. The van der Waals surface area contributed by atoms with Gasteiger partial charge in [-0.1, -0.05) is 97.1 Å². The first-order valence-electron chi connectivity index (χ1n) is 13.1. The number of para-hydroxylation sites is 2. The third-order valence-electron chi connectivity index (χ3n) is 6.97. The van der Waals surface area contributed by atoms with Crippen molar-refractivity contribution < 1.29 is 9.59 Å². The first-order chi connectivity index (χ1) is 20.9. The molecule has 4 aromatic carbocycles. The number of Topliss-reactive ketones (excluding diaryl/α,β-unsaturated/α-hetero) is 2. The highest BCUT2D eigenvalue weighted by molar-refractivity contribution is 6.21. The number of benzene rings is 4. The number of hydrogen-bond acceptors (Lipinski definition) is 6. The van der Waals surface area contributed by atoms with Gasteiger partial charge in [0.25, 0.3) is 5.66 Å². The molecule has 0 amide bonds. The first-order valence-corrected chi connectivity index (χ1v) is 13.1. The number of aromatic amines is 2. The molecule has 6 aromatic rings. The zero-order chi connectivity index (χ0) is 30.1. The molecule has 0 atom stereocenters. The Morgan fingerprint density at radius 3 is 1.09 bits per heavy atom. The third-order valence-corrected chi connectivity index (χ3v) is 6.97. The van der Waals surface area contributed by atoms with Crippen molar-refractivity contribution in [3.8, 4) is 11.4 Å². The Bertz CT molecular complexity index is 2030. The van der Waals surface area contributed by atoms with E-state index < -0.39 is 40.0 Å². The maximum atomic E-state index is 14.7. The van der Waals surface area contributed by atoms with Crippen LogP contribution >= 0.6 is 0 Å². The van der Waals surface area contributed by atoms with Crippen LogP contribution in [0, 0.1) is 0 Å². The number of ketones is 2. The predicted molar refractivity (Wildman–Crippen MR) is 156 cm³/mol. The zero-order valence-corrected chi connectivity index (χ0v) is 22.3. The van der Waals surface area contributed by atoms with Crippen LogP contribution in [0.15, 0.2) is 141 Å². The monoisotopic (exact) mass is 574 g/mol. The van der Waals surface area contributed by atoms with Crippen LogP contribution in [-0.4, -0.2) is 40.3 Å². The lowest BCUT2D eigenvalue weighted by molar-refractivity contribution is 0.0562. The van der Waals surface area contributed by atoms with Crippen molar-refractivity contribution in [1.29, 1.82) is 0 Å². The van der Waals surface area contributed by atoms with Crippen molar-refractivity contribution in [3.05, 3.63) is 174 Å². The minimum atomic E-state index is -2.95. The molecule has 0 saturated heterocycles. The fourth-order valence-corrected chi connectivity index (χ4v) is 5.00. The molecule has 6 rings (SSSR count). The molecule has 43 heavy (non-hydrogen) atoms. The second-order valence-electron chi connectivity index (χ2n) is 9.47. The Hall–Kier alpha value is -6.30. The van der Waals surface area contributed by atoms with Crippen molar-refractivity contribution in [1.82, 2.24) is 28.7 Å². The summed E-state index contributed by atoms with van der Waals surface area (Å²) in [4.78, 5) is 84.3. The summed E-state index contributed by atoms with van der Waals surface area (Å²) >= 11 is 0. The standard InChI is InChI=1S/C31H22N6O6/c38-25(21-13-5-1-6-14-21)31(26(39)22-15-7-2-8-16-22,36-29(42)34(27(40)32-36)23-17-9-3-10-18-23)37-30(43)35(28(41)33-37)24-19-11-4-12-20-24/h1-20H,(H,32,40)(H,33,41). The molecule has 0 fully saturated rings. The van der Waals surface area contributed by atoms with Gasteiger partial charge in [0.1, 0.15) is 0 Å². The molecule has 0 unspecified atom stereocenters. The van der Waals surface area contributed by atoms with Crippen molar-refractivity contribution in [3.63, 3.8) is 0 Å². The van der Waals surface area contributed by atoms with E-state index in [0.29, 0.717) is 9.36 Å². The molecule has 0 spiro atoms. The summed E-state index contributed by atoms with van der Waals surface area (Å²) in [5.41, 5.74) is -7.06. The van der Waals surface area contributed by atoms with Gasteiger partial charge >= 0.3 is 22.8 Å². The topological polar surface area (TPSA) is 154 Å². The summed E-state index contributed by atoms with van der Waals surface area (Å²) < 4.78 is 2.45. The van der Waals surface area contributed by atoms with Crippen LogP contribution in [0.25, 0.3) is 11.4 Å². The number of rotatable bonds is 8. The summed E-state index contributed by atoms with van der Waals surface area (Å²) in [6, 6.07) is 30.7. The smallest absolute Gasteiger partial charge is 0.289 e. The van der Waals surface area contributed by atoms with E-state index in [-0.39, 0.29) is 22.5 Å². The van der Waals surface area contributed by atoms with E-state index in [2.05, 4.69) is 10.2 Å². The highest BCUT2D eigenvalue weighted by Crippen LogP contribution is 2.26. The van der Waals surface area contributed by atoms with Crippen molar-refractivity contribution in [2.24, 2.45) is 0 Å². The molecule has 0 saturated carbocycles. The summed E-state index contributed by atoms with van der Waals surface area (Å²) in [7, 11) is 0. The van der Waals surface area contributed by atoms with Gasteiger partial charge in [0, 0.05) is 11.1 Å². The van der Waals surface area contributed by atoms with E-state index in [1.807, 2.05) is 0 Å². The maximum absolute atomic E-state index is 14.7. The fraction of sp³-hybridized carbons (Fsp3) is 0.0323. The number of nitrogens with one attached hydrogen (secondary N) is 2. The summed E-state index contributed by atoms with van der Waals surface area (Å²) in [6.07, 6.45) is 0. The molecule has 2 heterocycles. The van der Waals surface area contributed by atoms with Crippen LogP contribution in [-0.2, 0) is 5.66 Å². The minimum Gasteiger partial charge on any atom is -0.289 e. The second-order valence-corrected chi connectivity index (χ2v) is 9.47. The molecule has 0 aliphatic rings. The highest BCUT2D eigenvalue weighted by Gasteiger charge is 2.55. The van der Waals surface area contributed by atoms with Crippen LogP contribution < -0.4 is 22.8 Å². The molecule has 12 heteroatoms. The van der Waals surface area contributed by atoms with Crippen LogP contribution in [0.3, 0.4) is 0 Å². The van der Waals surface area contributed by atoms with Crippen LogP contribution in [0.5, 0.6) is 0 Å². The van der Waals surface area contributed by atoms with Gasteiger partial charge in [-0.25, -0.2) is 38.5 Å². The Balaban J connectivity index is 1.78. The van der Waals surface area contributed by atoms with Crippen molar-refractivity contribution in [2.75, 3.05) is 0 Å². The molecule has 212 valence electrons. The van der Waals surface area contributed by atoms with Crippen LogP contribution in [0.2, 0.25) is 0 Å². The molecule has 0 radical (unpaired) electrons.